The summed E-state index contributed by atoms with van der Waals surface area (Å²) in [5, 5.41) is 9.17. The number of methoxy groups -OCH3 is 1. The van der Waals surface area contributed by atoms with Crippen LogP contribution in [-0.4, -0.2) is 37.6 Å². The number of nitrogens with two attached hydrogens (primary N) is 1. The number of halogens is 1. The molecule has 0 radical (unpaired) electrons. The van der Waals surface area contributed by atoms with Crippen LogP contribution in [0.2, 0.25) is 0 Å². The number of ether oxygens (including phenoxy) is 2. The zero-order valence-corrected chi connectivity index (χ0v) is 10.0. The quantitative estimate of drug-likeness (QED) is 0.777. The van der Waals surface area contributed by atoms with Gasteiger partial charge in [0, 0.05) is 7.11 Å². The average Bonchev–Trinajstić information content (AvgIpc) is 2.30. The predicted octanol–water partition coefficient (Wildman–Crippen LogP) is 0.848. The minimum atomic E-state index is -0.570. The maximum atomic E-state index is 13.0. The van der Waals surface area contributed by atoms with E-state index in [1.807, 2.05) is 0 Å². The van der Waals surface area contributed by atoms with Crippen molar-refractivity contribution in [3.63, 3.8) is 0 Å². The van der Waals surface area contributed by atoms with Crippen LogP contribution in [0.3, 0.4) is 0 Å². The normalized spacial score (nSPS) is 14.4. The Hall–Kier alpha value is -1.17. The molecule has 0 saturated carbocycles. The molecule has 2 unspecified atom stereocenters. The first-order chi connectivity index (χ1) is 8.08. The van der Waals surface area contributed by atoms with E-state index in [2.05, 4.69) is 0 Å². The lowest BCUT2D eigenvalue weighted by Crippen LogP contribution is -2.44. The molecular formula is C12H18FNO3. The molecule has 1 rings (SSSR count). The number of hydrogen-bond donors (Lipinski definition) is 2. The van der Waals surface area contributed by atoms with E-state index in [9.17, 15) is 9.50 Å². The van der Waals surface area contributed by atoms with Gasteiger partial charge in [0.1, 0.15) is 17.7 Å². The van der Waals surface area contributed by atoms with E-state index in [0.717, 1.165) is 0 Å². The zero-order valence-electron chi connectivity index (χ0n) is 10.0. The van der Waals surface area contributed by atoms with Crippen LogP contribution in [0, 0.1) is 12.7 Å². The largest absolute Gasteiger partial charge is 0.486 e. The Balaban J connectivity index is 2.70. The SMILES string of the molecule is COCC(N)C(CO)Oc1ccc(F)c(C)c1. The first kappa shape index (κ1) is 13.9. The van der Waals surface area contributed by atoms with Gasteiger partial charge in [-0.05, 0) is 30.7 Å². The van der Waals surface area contributed by atoms with E-state index in [4.69, 9.17) is 15.2 Å². The van der Waals surface area contributed by atoms with E-state index in [0.29, 0.717) is 11.3 Å². The molecule has 0 aliphatic carbocycles. The van der Waals surface area contributed by atoms with E-state index in [1.165, 1.54) is 19.2 Å². The molecule has 0 heterocycles. The summed E-state index contributed by atoms with van der Waals surface area (Å²) in [6, 6.07) is 3.96. The maximum Gasteiger partial charge on any atom is 0.139 e. The molecular weight excluding hydrogens is 225 g/mol. The molecule has 0 saturated heterocycles. The first-order valence-corrected chi connectivity index (χ1v) is 5.36. The minimum absolute atomic E-state index is 0.221. The van der Waals surface area contributed by atoms with Crippen molar-refractivity contribution < 1.29 is 19.0 Å². The van der Waals surface area contributed by atoms with Crippen molar-refractivity contribution in [1.82, 2.24) is 0 Å². The molecule has 0 aliphatic heterocycles. The Morgan fingerprint density at radius 3 is 2.71 bits per heavy atom. The van der Waals surface area contributed by atoms with Gasteiger partial charge in [-0.1, -0.05) is 0 Å². The highest BCUT2D eigenvalue weighted by atomic mass is 19.1. The smallest absolute Gasteiger partial charge is 0.139 e. The zero-order chi connectivity index (χ0) is 12.8. The third-order valence-corrected chi connectivity index (χ3v) is 2.43. The van der Waals surface area contributed by atoms with E-state index in [-0.39, 0.29) is 19.0 Å². The standard InChI is InChI=1S/C12H18FNO3/c1-8-5-9(3-4-10(8)13)17-12(6-15)11(14)7-16-2/h3-5,11-12,15H,6-7,14H2,1-2H3. The van der Waals surface area contributed by atoms with Crippen molar-refractivity contribution >= 4 is 0 Å². The molecule has 0 amide bonds. The monoisotopic (exact) mass is 243 g/mol. The molecule has 0 spiro atoms. The second-order valence-electron chi connectivity index (χ2n) is 3.87. The van der Waals surface area contributed by atoms with Crippen LogP contribution in [0.4, 0.5) is 4.39 Å². The highest BCUT2D eigenvalue weighted by Crippen LogP contribution is 2.17. The van der Waals surface area contributed by atoms with Crippen LogP contribution in [0.25, 0.3) is 0 Å². The fraction of sp³-hybridized carbons (Fsp3) is 0.500. The minimum Gasteiger partial charge on any atom is -0.486 e. The lowest BCUT2D eigenvalue weighted by atomic mass is 10.2. The maximum absolute atomic E-state index is 13.0. The number of rotatable bonds is 6. The summed E-state index contributed by atoms with van der Waals surface area (Å²) in [7, 11) is 1.52. The van der Waals surface area contributed by atoms with E-state index < -0.39 is 12.1 Å². The van der Waals surface area contributed by atoms with Crippen LogP contribution < -0.4 is 10.5 Å². The molecule has 0 bridgehead atoms. The third-order valence-electron chi connectivity index (χ3n) is 2.43. The second kappa shape index (κ2) is 6.54. The van der Waals surface area contributed by atoms with Crippen molar-refractivity contribution in [2.75, 3.05) is 20.3 Å². The Morgan fingerprint density at radius 1 is 1.47 bits per heavy atom. The van der Waals surface area contributed by atoms with Crippen LogP contribution >= 0.6 is 0 Å². The summed E-state index contributed by atoms with van der Waals surface area (Å²) < 4.78 is 23.4. The van der Waals surface area contributed by atoms with Gasteiger partial charge in [0.05, 0.1) is 19.3 Å². The summed E-state index contributed by atoms with van der Waals surface area (Å²) in [6.07, 6.45) is -0.570. The summed E-state index contributed by atoms with van der Waals surface area (Å²) in [5.74, 6) is 0.189. The van der Waals surface area contributed by atoms with Crippen LogP contribution in [-0.2, 0) is 4.74 Å². The van der Waals surface area contributed by atoms with Crippen LogP contribution in [0.15, 0.2) is 18.2 Å². The van der Waals surface area contributed by atoms with Gasteiger partial charge in [-0.15, -0.1) is 0 Å². The molecule has 0 fully saturated rings. The summed E-state index contributed by atoms with van der Waals surface area (Å²) >= 11 is 0. The number of aryl methyl sites for hydroxylation is 1. The number of aliphatic hydroxyl groups excluding tert-OH is 1. The molecule has 17 heavy (non-hydrogen) atoms. The van der Waals surface area contributed by atoms with Crippen LogP contribution in [0.1, 0.15) is 5.56 Å². The fourth-order valence-electron chi connectivity index (χ4n) is 1.43. The Labute approximate surface area is 100 Å². The molecule has 1 aromatic carbocycles. The van der Waals surface area contributed by atoms with Crippen LogP contribution in [0.5, 0.6) is 5.75 Å². The average molecular weight is 243 g/mol. The topological polar surface area (TPSA) is 64.7 Å². The molecule has 4 nitrogen and oxygen atoms in total. The summed E-state index contributed by atoms with van der Waals surface area (Å²) in [6.45, 7) is 1.71. The number of hydrogen-bond acceptors (Lipinski definition) is 4. The second-order valence-corrected chi connectivity index (χ2v) is 3.87. The Kier molecular flexibility index (Phi) is 5.34. The molecule has 1 aromatic rings. The summed E-state index contributed by atoms with van der Waals surface area (Å²) in [4.78, 5) is 0. The third kappa shape index (κ3) is 3.96. The van der Waals surface area contributed by atoms with E-state index in [1.54, 1.807) is 13.0 Å². The predicted molar refractivity (Wildman–Crippen MR) is 62.5 cm³/mol. The van der Waals surface area contributed by atoms with Crippen molar-refractivity contribution in [3.8, 4) is 5.75 Å². The van der Waals surface area contributed by atoms with Gasteiger partial charge >= 0.3 is 0 Å². The van der Waals surface area contributed by atoms with Gasteiger partial charge in [0.15, 0.2) is 0 Å². The van der Waals surface area contributed by atoms with Crippen molar-refractivity contribution in [1.29, 1.82) is 0 Å². The number of benzene rings is 1. The Morgan fingerprint density at radius 2 is 2.18 bits per heavy atom. The lowest BCUT2D eigenvalue weighted by molar-refractivity contribution is 0.0604. The highest BCUT2D eigenvalue weighted by molar-refractivity contribution is 5.29. The molecule has 96 valence electrons. The van der Waals surface area contributed by atoms with Gasteiger partial charge < -0.3 is 20.3 Å². The van der Waals surface area contributed by atoms with Gasteiger partial charge in [0.2, 0.25) is 0 Å². The lowest BCUT2D eigenvalue weighted by Gasteiger charge is -2.22. The Bertz CT molecular complexity index is 360. The highest BCUT2D eigenvalue weighted by Gasteiger charge is 2.19. The molecule has 2 atom stereocenters. The van der Waals surface area contributed by atoms with Gasteiger partial charge in [-0.25, -0.2) is 4.39 Å². The van der Waals surface area contributed by atoms with Crippen molar-refractivity contribution in [2.24, 2.45) is 5.73 Å². The number of aliphatic hydroxyl groups is 1. The van der Waals surface area contributed by atoms with Crippen molar-refractivity contribution in [3.05, 3.63) is 29.6 Å². The van der Waals surface area contributed by atoms with E-state index >= 15 is 0 Å². The first-order valence-electron chi connectivity index (χ1n) is 5.36. The molecule has 0 aromatic heterocycles. The summed E-state index contributed by atoms with van der Waals surface area (Å²) in [5.41, 5.74) is 6.26. The van der Waals surface area contributed by atoms with Gasteiger partial charge in [-0.2, -0.15) is 0 Å². The fourth-order valence-corrected chi connectivity index (χ4v) is 1.43. The van der Waals surface area contributed by atoms with Gasteiger partial charge in [0.25, 0.3) is 0 Å². The molecule has 3 N–H and O–H groups in total. The van der Waals surface area contributed by atoms with Crippen molar-refractivity contribution in [2.45, 2.75) is 19.1 Å². The molecule has 0 aliphatic rings. The molecule has 5 heteroatoms. The van der Waals surface area contributed by atoms with Gasteiger partial charge in [-0.3, -0.25) is 0 Å².